The van der Waals surface area contributed by atoms with Crippen LogP contribution in [-0.2, 0) is 6.54 Å². The van der Waals surface area contributed by atoms with Crippen molar-refractivity contribution in [3.05, 3.63) is 125 Å². The third kappa shape index (κ3) is 5.02. The number of anilines is 3. The number of nitrogen functional groups attached to an aromatic ring is 1. The Balaban J connectivity index is 1.08. The van der Waals surface area contributed by atoms with Crippen LogP contribution in [0.25, 0.3) is 0 Å². The van der Waals surface area contributed by atoms with Gasteiger partial charge in [0.05, 0.1) is 6.54 Å². The molecule has 192 valence electrons. The van der Waals surface area contributed by atoms with E-state index in [1.54, 1.807) is 0 Å². The van der Waals surface area contributed by atoms with E-state index in [1.165, 1.54) is 11.1 Å². The topological polar surface area (TPSA) is 52.8 Å². The molecule has 1 fully saturated rings. The predicted molar refractivity (Wildman–Crippen MR) is 156 cm³/mol. The van der Waals surface area contributed by atoms with Crippen LogP contribution in [0.15, 0.2) is 103 Å². The molecule has 0 radical (unpaired) electrons. The molecular formula is C33H34N4O. The van der Waals surface area contributed by atoms with Gasteiger partial charge in [-0.2, -0.15) is 0 Å². The van der Waals surface area contributed by atoms with Crippen molar-refractivity contribution < 1.29 is 4.79 Å². The molecule has 0 saturated carbocycles. The van der Waals surface area contributed by atoms with Gasteiger partial charge in [-0.05, 0) is 66.1 Å². The van der Waals surface area contributed by atoms with E-state index >= 15 is 0 Å². The highest BCUT2D eigenvalue weighted by atomic mass is 16.2. The number of piperazine rings is 1. The first-order valence-corrected chi connectivity index (χ1v) is 13.5. The van der Waals surface area contributed by atoms with E-state index in [2.05, 4.69) is 88.7 Å². The van der Waals surface area contributed by atoms with Crippen molar-refractivity contribution in [2.75, 3.05) is 48.3 Å². The quantitative estimate of drug-likeness (QED) is 0.326. The maximum atomic E-state index is 13.2. The molecule has 4 aromatic carbocycles. The first kappa shape index (κ1) is 24.3. The molecule has 2 N–H and O–H groups in total. The molecule has 2 aliphatic rings. The zero-order chi connectivity index (χ0) is 25.9. The molecule has 4 aromatic rings. The Morgan fingerprint density at radius 2 is 1.32 bits per heavy atom. The molecule has 5 heteroatoms. The van der Waals surface area contributed by atoms with E-state index in [1.807, 2.05) is 29.2 Å². The molecule has 38 heavy (non-hydrogen) atoms. The molecule has 1 saturated heterocycles. The molecule has 2 aliphatic heterocycles. The molecule has 2 heterocycles. The SMILES string of the molecule is Nc1ccc(N2Cc3ccc(N4CCN(CCC(c5ccccc5)c5ccccc5)CC4)cc3C2=O)cc1. The molecule has 5 nitrogen and oxygen atoms in total. The second-order valence-corrected chi connectivity index (χ2v) is 10.3. The third-order valence-corrected chi connectivity index (χ3v) is 7.98. The molecule has 1 amide bonds. The van der Waals surface area contributed by atoms with Crippen LogP contribution in [0.1, 0.15) is 39.4 Å². The highest BCUT2D eigenvalue weighted by Gasteiger charge is 2.30. The Kier molecular flexibility index (Phi) is 6.84. The van der Waals surface area contributed by atoms with E-state index in [-0.39, 0.29) is 5.91 Å². The van der Waals surface area contributed by atoms with Crippen LogP contribution < -0.4 is 15.5 Å². The summed E-state index contributed by atoms with van der Waals surface area (Å²) in [5, 5.41) is 0. The number of benzene rings is 4. The summed E-state index contributed by atoms with van der Waals surface area (Å²) in [6.07, 6.45) is 1.10. The van der Waals surface area contributed by atoms with Gasteiger partial charge in [0.25, 0.3) is 5.91 Å². The highest BCUT2D eigenvalue weighted by molar-refractivity contribution is 6.10. The third-order valence-electron chi connectivity index (χ3n) is 7.98. The maximum Gasteiger partial charge on any atom is 0.259 e. The van der Waals surface area contributed by atoms with Crippen molar-refractivity contribution in [2.45, 2.75) is 18.9 Å². The number of carbonyl (C=O) groups is 1. The Hall–Kier alpha value is -4.09. The van der Waals surface area contributed by atoms with Crippen LogP contribution in [0.3, 0.4) is 0 Å². The molecular weight excluding hydrogens is 468 g/mol. The minimum Gasteiger partial charge on any atom is -0.399 e. The maximum absolute atomic E-state index is 13.2. The van der Waals surface area contributed by atoms with Crippen molar-refractivity contribution in [1.29, 1.82) is 0 Å². The summed E-state index contributed by atoms with van der Waals surface area (Å²) in [4.78, 5) is 20.1. The van der Waals surface area contributed by atoms with Crippen LogP contribution in [-0.4, -0.2) is 43.5 Å². The molecule has 0 aliphatic carbocycles. The number of nitrogens with two attached hydrogens (primary N) is 1. The normalized spacial score (nSPS) is 15.8. The van der Waals surface area contributed by atoms with Crippen LogP contribution >= 0.6 is 0 Å². The van der Waals surface area contributed by atoms with Crippen LogP contribution in [0.2, 0.25) is 0 Å². The van der Waals surface area contributed by atoms with Crippen molar-refractivity contribution in [2.24, 2.45) is 0 Å². The summed E-state index contributed by atoms with van der Waals surface area (Å²) < 4.78 is 0. The fraction of sp³-hybridized carbons (Fsp3) is 0.242. The summed E-state index contributed by atoms with van der Waals surface area (Å²) in [5.41, 5.74) is 13.2. The molecule has 0 unspecified atom stereocenters. The lowest BCUT2D eigenvalue weighted by Crippen LogP contribution is -2.46. The number of fused-ring (bicyclic) bond motifs is 1. The van der Waals surface area contributed by atoms with Gasteiger partial charge in [0.15, 0.2) is 0 Å². The standard InChI is InChI=1S/C33H34N4O/c34-28-12-15-29(16-13-28)37-24-27-11-14-30(23-32(27)33(37)38)36-21-19-35(20-22-36)18-17-31(25-7-3-1-4-8-25)26-9-5-2-6-10-26/h1-16,23,31H,17-22,24,34H2. The van der Waals surface area contributed by atoms with Gasteiger partial charge in [-0.25, -0.2) is 0 Å². The largest absolute Gasteiger partial charge is 0.399 e. The van der Waals surface area contributed by atoms with E-state index in [9.17, 15) is 4.79 Å². The summed E-state index contributed by atoms with van der Waals surface area (Å²) in [6.45, 7) is 5.67. The molecule has 0 spiro atoms. The Morgan fingerprint density at radius 1 is 0.711 bits per heavy atom. The fourth-order valence-corrected chi connectivity index (χ4v) is 5.79. The van der Waals surface area contributed by atoms with Gasteiger partial charge >= 0.3 is 0 Å². The van der Waals surface area contributed by atoms with Gasteiger partial charge in [0, 0.05) is 54.7 Å². The number of hydrogen-bond acceptors (Lipinski definition) is 4. The average Bonchev–Trinajstić information content (AvgIpc) is 3.30. The summed E-state index contributed by atoms with van der Waals surface area (Å²) in [7, 11) is 0. The van der Waals surface area contributed by atoms with Crippen LogP contribution in [0.5, 0.6) is 0 Å². The second-order valence-electron chi connectivity index (χ2n) is 10.3. The summed E-state index contributed by atoms with van der Waals surface area (Å²) in [6, 6.07) is 35.6. The molecule has 6 rings (SSSR count). The van der Waals surface area contributed by atoms with E-state index < -0.39 is 0 Å². The van der Waals surface area contributed by atoms with Crippen molar-refractivity contribution >= 4 is 23.0 Å². The van der Waals surface area contributed by atoms with Gasteiger partial charge in [-0.1, -0.05) is 66.7 Å². The van der Waals surface area contributed by atoms with Gasteiger partial charge in [-0.3, -0.25) is 9.69 Å². The van der Waals surface area contributed by atoms with Gasteiger partial charge in [-0.15, -0.1) is 0 Å². The monoisotopic (exact) mass is 502 g/mol. The van der Waals surface area contributed by atoms with Crippen molar-refractivity contribution in [3.63, 3.8) is 0 Å². The molecule has 0 atom stereocenters. The van der Waals surface area contributed by atoms with Crippen LogP contribution in [0.4, 0.5) is 17.1 Å². The molecule has 0 bridgehead atoms. The lowest BCUT2D eigenvalue weighted by atomic mass is 9.88. The van der Waals surface area contributed by atoms with Gasteiger partial charge in [0.2, 0.25) is 0 Å². The zero-order valence-corrected chi connectivity index (χ0v) is 21.7. The fourth-order valence-electron chi connectivity index (χ4n) is 5.79. The van der Waals surface area contributed by atoms with Crippen LogP contribution in [0, 0.1) is 0 Å². The highest BCUT2D eigenvalue weighted by Crippen LogP contribution is 2.32. The van der Waals surface area contributed by atoms with E-state index in [0.29, 0.717) is 18.2 Å². The van der Waals surface area contributed by atoms with E-state index in [4.69, 9.17) is 5.73 Å². The number of hydrogen-bond donors (Lipinski definition) is 1. The number of nitrogens with zero attached hydrogens (tertiary/aromatic N) is 3. The summed E-state index contributed by atoms with van der Waals surface area (Å²) >= 11 is 0. The average molecular weight is 503 g/mol. The Bertz CT molecular complexity index is 1340. The van der Waals surface area contributed by atoms with Gasteiger partial charge in [0.1, 0.15) is 0 Å². The minimum absolute atomic E-state index is 0.0677. The minimum atomic E-state index is 0.0677. The van der Waals surface area contributed by atoms with Crippen molar-refractivity contribution in [1.82, 2.24) is 4.90 Å². The lowest BCUT2D eigenvalue weighted by molar-refractivity contribution is 0.0996. The smallest absolute Gasteiger partial charge is 0.259 e. The predicted octanol–water partition coefficient (Wildman–Crippen LogP) is 5.77. The lowest BCUT2D eigenvalue weighted by Gasteiger charge is -2.37. The van der Waals surface area contributed by atoms with Gasteiger partial charge < -0.3 is 15.5 Å². The Labute approximate surface area is 225 Å². The second kappa shape index (κ2) is 10.7. The number of rotatable bonds is 7. The summed E-state index contributed by atoms with van der Waals surface area (Å²) in [5.74, 6) is 0.472. The zero-order valence-electron chi connectivity index (χ0n) is 21.7. The van der Waals surface area contributed by atoms with Crippen molar-refractivity contribution in [3.8, 4) is 0 Å². The number of amides is 1. The first-order chi connectivity index (χ1) is 18.7. The first-order valence-electron chi connectivity index (χ1n) is 13.5. The number of carbonyl (C=O) groups excluding carboxylic acids is 1. The van der Waals surface area contributed by atoms with E-state index in [0.717, 1.165) is 61.6 Å². The molecule has 0 aromatic heterocycles. The Morgan fingerprint density at radius 3 is 1.95 bits per heavy atom.